The van der Waals surface area contributed by atoms with Crippen molar-refractivity contribution >= 4 is 11.6 Å². The molecular formula is C12H16ClNO. The third kappa shape index (κ3) is 2.33. The summed E-state index contributed by atoms with van der Waals surface area (Å²) in [7, 11) is 0. The van der Waals surface area contributed by atoms with E-state index in [9.17, 15) is 5.11 Å². The number of nitrogens with two attached hydrogens (primary N) is 1. The quantitative estimate of drug-likeness (QED) is 0.825. The van der Waals surface area contributed by atoms with Crippen LogP contribution in [0.5, 0.6) is 0 Å². The largest absolute Gasteiger partial charge is 0.392 e. The van der Waals surface area contributed by atoms with Crippen LogP contribution >= 0.6 is 11.6 Å². The van der Waals surface area contributed by atoms with Crippen LogP contribution in [-0.4, -0.2) is 17.8 Å². The van der Waals surface area contributed by atoms with E-state index in [0.717, 1.165) is 18.4 Å². The van der Waals surface area contributed by atoms with Gasteiger partial charge in [-0.05, 0) is 30.4 Å². The highest BCUT2D eigenvalue weighted by Gasteiger charge is 2.35. The van der Waals surface area contributed by atoms with Crippen molar-refractivity contribution in [1.29, 1.82) is 0 Å². The average Bonchev–Trinajstić information content (AvgIpc) is 3.05. The summed E-state index contributed by atoms with van der Waals surface area (Å²) in [5.74, 6) is 0.404. The first kappa shape index (κ1) is 10.9. The van der Waals surface area contributed by atoms with E-state index in [1.54, 1.807) is 0 Å². The van der Waals surface area contributed by atoms with Crippen LogP contribution in [0, 0.1) is 5.92 Å². The van der Waals surface area contributed by atoms with E-state index in [1.165, 1.54) is 0 Å². The van der Waals surface area contributed by atoms with Crippen LogP contribution in [-0.2, 0) is 0 Å². The van der Waals surface area contributed by atoms with Crippen LogP contribution < -0.4 is 5.73 Å². The Balaban J connectivity index is 2.21. The van der Waals surface area contributed by atoms with Crippen LogP contribution in [0.3, 0.4) is 0 Å². The maximum Gasteiger partial charge on any atom is 0.0649 e. The van der Waals surface area contributed by atoms with Crippen molar-refractivity contribution in [2.45, 2.75) is 24.9 Å². The van der Waals surface area contributed by atoms with Gasteiger partial charge in [-0.15, -0.1) is 0 Å². The standard InChI is InChI=1S/C12H16ClNO/c13-11-4-2-1-3-9(11)10(7-14)12(15)8-5-6-8/h1-4,8,10,12,15H,5-7,14H2. The van der Waals surface area contributed by atoms with E-state index in [0.29, 0.717) is 17.5 Å². The Morgan fingerprint density at radius 2 is 2.07 bits per heavy atom. The SMILES string of the molecule is NCC(c1ccccc1Cl)C(O)C1CC1. The van der Waals surface area contributed by atoms with Crippen molar-refractivity contribution in [2.75, 3.05) is 6.54 Å². The number of aliphatic hydroxyl groups is 1. The summed E-state index contributed by atoms with van der Waals surface area (Å²) >= 11 is 6.10. The lowest BCUT2D eigenvalue weighted by atomic mass is 9.91. The van der Waals surface area contributed by atoms with E-state index in [4.69, 9.17) is 17.3 Å². The molecule has 0 heterocycles. The summed E-state index contributed by atoms with van der Waals surface area (Å²) in [5, 5.41) is 10.8. The molecular weight excluding hydrogens is 210 g/mol. The first-order valence-corrected chi connectivity index (χ1v) is 5.74. The Morgan fingerprint density at radius 3 is 2.60 bits per heavy atom. The van der Waals surface area contributed by atoms with Gasteiger partial charge in [-0.3, -0.25) is 0 Å². The Morgan fingerprint density at radius 1 is 1.40 bits per heavy atom. The summed E-state index contributed by atoms with van der Waals surface area (Å²) in [6, 6.07) is 7.62. The number of halogens is 1. The van der Waals surface area contributed by atoms with Gasteiger partial charge in [0.15, 0.2) is 0 Å². The molecule has 2 atom stereocenters. The zero-order valence-electron chi connectivity index (χ0n) is 8.57. The summed E-state index contributed by atoms with van der Waals surface area (Å²) in [6.45, 7) is 0.446. The molecule has 0 aromatic heterocycles. The summed E-state index contributed by atoms with van der Waals surface area (Å²) in [4.78, 5) is 0. The maximum absolute atomic E-state index is 10.1. The third-order valence-electron chi connectivity index (χ3n) is 3.08. The maximum atomic E-state index is 10.1. The predicted octanol–water partition coefficient (Wildman–Crippen LogP) is 2.15. The van der Waals surface area contributed by atoms with Crippen LogP contribution in [0.25, 0.3) is 0 Å². The van der Waals surface area contributed by atoms with Gasteiger partial charge < -0.3 is 10.8 Å². The first-order chi connectivity index (χ1) is 7.24. The predicted molar refractivity (Wildman–Crippen MR) is 62.0 cm³/mol. The molecule has 1 aliphatic carbocycles. The molecule has 0 bridgehead atoms. The summed E-state index contributed by atoms with van der Waals surface area (Å²) < 4.78 is 0. The minimum atomic E-state index is -0.338. The normalized spacial score (nSPS) is 19.9. The smallest absolute Gasteiger partial charge is 0.0649 e. The van der Waals surface area contributed by atoms with Crippen LogP contribution in [0.4, 0.5) is 0 Å². The number of hydrogen-bond acceptors (Lipinski definition) is 2. The molecule has 15 heavy (non-hydrogen) atoms. The zero-order valence-corrected chi connectivity index (χ0v) is 9.32. The molecule has 1 aliphatic rings. The fourth-order valence-electron chi connectivity index (χ4n) is 1.99. The number of aliphatic hydroxyl groups excluding tert-OH is 1. The molecule has 0 radical (unpaired) electrons. The third-order valence-corrected chi connectivity index (χ3v) is 3.42. The van der Waals surface area contributed by atoms with E-state index in [1.807, 2.05) is 24.3 Å². The Kier molecular flexibility index (Phi) is 3.29. The molecule has 1 aromatic carbocycles. The Bertz CT molecular complexity index is 338. The highest BCUT2D eigenvalue weighted by molar-refractivity contribution is 6.31. The van der Waals surface area contributed by atoms with Crippen molar-refractivity contribution in [3.05, 3.63) is 34.9 Å². The van der Waals surface area contributed by atoms with Crippen LogP contribution in [0.1, 0.15) is 24.3 Å². The van der Waals surface area contributed by atoms with Gasteiger partial charge >= 0.3 is 0 Å². The van der Waals surface area contributed by atoms with E-state index in [2.05, 4.69) is 0 Å². The zero-order chi connectivity index (χ0) is 10.8. The van der Waals surface area contributed by atoms with Gasteiger partial charge in [-0.25, -0.2) is 0 Å². The minimum absolute atomic E-state index is 0.0220. The van der Waals surface area contributed by atoms with Gasteiger partial charge in [0, 0.05) is 17.5 Å². The highest BCUT2D eigenvalue weighted by atomic mass is 35.5. The van der Waals surface area contributed by atoms with E-state index in [-0.39, 0.29) is 12.0 Å². The van der Waals surface area contributed by atoms with Gasteiger partial charge in [-0.2, -0.15) is 0 Å². The lowest BCUT2D eigenvalue weighted by Gasteiger charge is -2.22. The molecule has 2 unspecified atom stereocenters. The topological polar surface area (TPSA) is 46.2 Å². The van der Waals surface area contributed by atoms with Crippen molar-refractivity contribution < 1.29 is 5.11 Å². The van der Waals surface area contributed by atoms with Gasteiger partial charge in [0.05, 0.1) is 6.10 Å². The molecule has 2 rings (SSSR count). The van der Waals surface area contributed by atoms with E-state index < -0.39 is 0 Å². The highest BCUT2D eigenvalue weighted by Crippen LogP contribution is 2.39. The van der Waals surface area contributed by atoms with Crippen molar-refractivity contribution in [3.63, 3.8) is 0 Å². The fourth-order valence-corrected chi connectivity index (χ4v) is 2.27. The molecule has 82 valence electrons. The number of hydrogen-bond donors (Lipinski definition) is 2. The Hall–Kier alpha value is -0.570. The molecule has 1 saturated carbocycles. The molecule has 0 saturated heterocycles. The van der Waals surface area contributed by atoms with Crippen molar-refractivity contribution in [3.8, 4) is 0 Å². The summed E-state index contributed by atoms with van der Waals surface area (Å²) in [6.07, 6.45) is 1.89. The molecule has 3 heteroatoms. The molecule has 2 nitrogen and oxygen atoms in total. The van der Waals surface area contributed by atoms with Gasteiger partial charge in [0.1, 0.15) is 0 Å². The Labute approximate surface area is 95.1 Å². The fraction of sp³-hybridized carbons (Fsp3) is 0.500. The monoisotopic (exact) mass is 225 g/mol. The van der Waals surface area contributed by atoms with Crippen molar-refractivity contribution in [1.82, 2.24) is 0 Å². The van der Waals surface area contributed by atoms with Crippen molar-refractivity contribution in [2.24, 2.45) is 11.7 Å². The minimum Gasteiger partial charge on any atom is -0.392 e. The molecule has 0 aliphatic heterocycles. The van der Waals surface area contributed by atoms with Crippen LogP contribution in [0.15, 0.2) is 24.3 Å². The van der Waals surface area contributed by atoms with Gasteiger partial charge in [0.25, 0.3) is 0 Å². The lowest BCUT2D eigenvalue weighted by Crippen LogP contribution is -2.27. The second kappa shape index (κ2) is 4.52. The average molecular weight is 226 g/mol. The number of benzene rings is 1. The molecule has 1 fully saturated rings. The molecule has 1 aromatic rings. The van der Waals surface area contributed by atoms with Gasteiger partial charge in [0.2, 0.25) is 0 Å². The second-order valence-electron chi connectivity index (χ2n) is 4.19. The molecule has 0 spiro atoms. The molecule has 0 amide bonds. The summed E-state index contributed by atoms with van der Waals surface area (Å²) in [5.41, 5.74) is 6.69. The number of rotatable bonds is 4. The second-order valence-corrected chi connectivity index (χ2v) is 4.60. The van der Waals surface area contributed by atoms with E-state index >= 15 is 0 Å². The van der Waals surface area contributed by atoms with Crippen LogP contribution in [0.2, 0.25) is 5.02 Å². The van der Waals surface area contributed by atoms with Gasteiger partial charge in [-0.1, -0.05) is 29.8 Å². The first-order valence-electron chi connectivity index (χ1n) is 5.36. The molecule has 3 N–H and O–H groups in total. The lowest BCUT2D eigenvalue weighted by molar-refractivity contribution is 0.123.